The second-order valence-electron chi connectivity index (χ2n) is 6.84. The molecule has 0 saturated carbocycles. The van der Waals surface area contributed by atoms with E-state index in [1.54, 1.807) is 6.20 Å². The number of nitrogens with one attached hydrogen (secondary N) is 1. The van der Waals surface area contributed by atoms with Crippen molar-refractivity contribution in [2.75, 3.05) is 70.2 Å². The molecule has 1 atom stereocenters. The van der Waals surface area contributed by atoms with Crippen LogP contribution in [0.1, 0.15) is 12.8 Å². The van der Waals surface area contributed by atoms with Crippen LogP contribution in [0.25, 0.3) is 0 Å². The van der Waals surface area contributed by atoms with E-state index in [4.69, 9.17) is 4.74 Å². The summed E-state index contributed by atoms with van der Waals surface area (Å²) < 4.78 is 5.31. The lowest BCUT2D eigenvalue weighted by Crippen LogP contribution is -2.49. The van der Waals surface area contributed by atoms with Crippen molar-refractivity contribution in [1.82, 2.24) is 19.8 Å². The van der Waals surface area contributed by atoms with Gasteiger partial charge in [-0.25, -0.2) is 4.98 Å². The van der Waals surface area contributed by atoms with Gasteiger partial charge in [-0.15, -0.1) is 0 Å². The Hall–Kier alpha value is -1.93. The third-order valence-corrected chi connectivity index (χ3v) is 4.66. The van der Waals surface area contributed by atoms with Crippen molar-refractivity contribution in [3.8, 4) is 0 Å². The van der Waals surface area contributed by atoms with Gasteiger partial charge in [0.1, 0.15) is 5.82 Å². The first-order valence-corrected chi connectivity index (χ1v) is 8.96. The molecule has 8 nitrogen and oxygen atoms in total. The molecule has 1 N–H and O–H groups in total. The number of amides is 1. The number of likely N-dealkylation sites (tertiary alicyclic amines) is 1. The van der Waals surface area contributed by atoms with Crippen molar-refractivity contribution in [3.05, 3.63) is 12.3 Å². The van der Waals surface area contributed by atoms with Crippen molar-refractivity contribution < 1.29 is 9.53 Å². The van der Waals surface area contributed by atoms with Gasteiger partial charge in [-0.05, 0) is 25.5 Å². The first-order valence-electron chi connectivity index (χ1n) is 8.96. The predicted molar refractivity (Wildman–Crippen MR) is 96.8 cm³/mol. The number of aromatic nitrogens is 2. The topological polar surface area (TPSA) is 73.8 Å². The van der Waals surface area contributed by atoms with Gasteiger partial charge in [-0.3, -0.25) is 9.69 Å². The van der Waals surface area contributed by atoms with E-state index in [9.17, 15) is 4.79 Å². The maximum Gasteiger partial charge on any atom is 0.236 e. The van der Waals surface area contributed by atoms with Crippen LogP contribution in [0.4, 0.5) is 11.8 Å². The average molecular weight is 348 g/mol. The highest BCUT2D eigenvalue weighted by Gasteiger charge is 2.25. The van der Waals surface area contributed by atoms with Crippen molar-refractivity contribution in [3.63, 3.8) is 0 Å². The molecule has 2 fully saturated rings. The molecule has 1 aromatic rings. The molecule has 0 aliphatic carbocycles. The number of anilines is 2. The molecule has 8 heteroatoms. The lowest BCUT2D eigenvalue weighted by molar-refractivity contribution is -0.136. The van der Waals surface area contributed by atoms with Crippen LogP contribution in [-0.4, -0.2) is 91.7 Å². The number of nitrogens with zero attached hydrogens (tertiary/aromatic N) is 5. The molecule has 138 valence electrons. The van der Waals surface area contributed by atoms with Crippen molar-refractivity contribution in [2.24, 2.45) is 0 Å². The Morgan fingerprint density at radius 2 is 2.16 bits per heavy atom. The minimum atomic E-state index is 0.204. The molecule has 0 bridgehead atoms. The van der Waals surface area contributed by atoms with Gasteiger partial charge in [-0.1, -0.05) is 0 Å². The van der Waals surface area contributed by atoms with Crippen molar-refractivity contribution in [2.45, 2.75) is 18.9 Å². The third-order valence-electron chi connectivity index (χ3n) is 4.66. The fraction of sp³-hybridized carbons (Fsp3) is 0.706. The summed E-state index contributed by atoms with van der Waals surface area (Å²) in [4.78, 5) is 27.4. The van der Waals surface area contributed by atoms with Gasteiger partial charge in [-0.2, -0.15) is 4.98 Å². The Kier molecular flexibility index (Phi) is 6.04. The zero-order chi connectivity index (χ0) is 17.6. The highest BCUT2D eigenvalue weighted by atomic mass is 16.5. The SMILES string of the molecule is CN(C)c1ccnc(NC2CCCN(CC(=O)N3CCOCC3)C2)n1. The lowest BCUT2D eigenvalue weighted by atomic mass is 10.1. The summed E-state index contributed by atoms with van der Waals surface area (Å²) in [5, 5.41) is 3.42. The van der Waals surface area contributed by atoms with Crippen LogP contribution in [0.3, 0.4) is 0 Å². The number of carbonyl (C=O) groups excluding carboxylic acids is 1. The van der Waals surface area contributed by atoms with E-state index in [1.807, 2.05) is 30.0 Å². The van der Waals surface area contributed by atoms with Crippen molar-refractivity contribution >= 4 is 17.7 Å². The summed E-state index contributed by atoms with van der Waals surface area (Å²) >= 11 is 0. The quantitative estimate of drug-likeness (QED) is 0.819. The molecule has 0 radical (unpaired) electrons. The van der Waals surface area contributed by atoms with E-state index < -0.39 is 0 Å². The number of hydrogen-bond acceptors (Lipinski definition) is 7. The lowest BCUT2D eigenvalue weighted by Gasteiger charge is -2.35. The Morgan fingerprint density at radius 3 is 2.92 bits per heavy atom. The third kappa shape index (κ3) is 5.02. The molecule has 3 rings (SSSR count). The minimum absolute atomic E-state index is 0.204. The molecule has 2 saturated heterocycles. The number of carbonyl (C=O) groups is 1. The Morgan fingerprint density at radius 1 is 1.36 bits per heavy atom. The second-order valence-corrected chi connectivity index (χ2v) is 6.84. The summed E-state index contributed by atoms with van der Waals surface area (Å²) in [6.45, 7) is 5.00. The largest absolute Gasteiger partial charge is 0.378 e. The van der Waals surface area contributed by atoms with Gasteiger partial charge in [0.15, 0.2) is 0 Å². The van der Waals surface area contributed by atoms with Crippen LogP contribution >= 0.6 is 0 Å². The van der Waals surface area contributed by atoms with Crippen LogP contribution in [0.2, 0.25) is 0 Å². The van der Waals surface area contributed by atoms with E-state index in [0.29, 0.717) is 38.8 Å². The van der Waals surface area contributed by atoms with Crippen molar-refractivity contribution in [1.29, 1.82) is 0 Å². The fourth-order valence-corrected chi connectivity index (χ4v) is 3.27. The fourth-order valence-electron chi connectivity index (χ4n) is 3.27. The number of piperidine rings is 1. The Balaban J connectivity index is 1.52. The monoisotopic (exact) mass is 348 g/mol. The van der Waals surface area contributed by atoms with Gasteiger partial charge < -0.3 is 19.9 Å². The van der Waals surface area contributed by atoms with Crippen LogP contribution in [0.5, 0.6) is 0 Å². The molecular formula is C17H28N6O2. The number of morpholine rings is 1. The standard InChI is InChI=1S/C17H28N6O2/c1-21(2)15-5-6-18-17(20-15)19-14-4-3-7-22(12-14)13-16(24)23-8-10-25-11-9-23/h5-6,14H,3-4,7-13H2,1-2H3,(H,18,19,20). The molecule has 25 heavy (non-hydrogen) atoms. The van der Waals surface area contributed by atoms with Gasteiger partial charge in [0.05, 0.1) is 19.8 Å². The van der Waals surface area contributed by atoms with Crippen LogP contribution in [-0.2, 0) is 9.53 Å². The number of rotatable bonds is 5. The van der Waals surface area contributed by atoms with E-state index in [0.717, 1.165) is 31.7 Å². The average Bonchev–Trinajstić information content (AvgIpc) is 2.63. The minimum Gasteiger partial charge on any atom is -0.378 e. The van der Waals surface area contributed by atoms with Gasteiger partial charge in [0.25, 0.3) is 0 Å². The smallest absolute Gasteiger partial charge is 0.236 e. The molecular weight excluding hydrogens is 320 g/mol. The predicted octanol–water partition coefficient (Wildman–Crippen LogP) is 0.278. The normalized spacial score (nSPS) is 21.8. The van der Waals surface area contributed by atoms with Gasteiger partial charge >= 0.3 is 0 Å². The molecule has 1 unspecified atom stereocenters. The molecule has 1 aromatic heterocycles. The highest BCUT2D eigenvalue weighted by Crippen LogP contribution is 2.16. The number of ether oxygens (including phenoxy) is 1. The molecule has 0 spiro atoms. The Labute approximate surface area is 149 Å². The number of hydrogen-bond donors (Lipinski definition) is 1. The summed E-state index contributed by atoms with van der Waals surface area (Å²) in [5.41, 5.74) is 0. The molecule has 1 amide bonds. The molecule has 2 aliphatic rings. The maximum atomic E-state index is 12.4. The van der Waals surface area contributed by atoms with E-state index in [-0.39, 0.29) is 11.9 Å². The summed E-state index contributed by atoms with van der Waals surface area (Å²) in [7, 11) is 3.93. The zero-order valence-electron chi connectivity index (χ0n) is 15.1. The Bertz CT molecular complexity index is 576. The summed E-state index contributed by atoms with van der Waals surface area (Å²) in [6.07, 6.45) is 3.91. The first kappa shape index (κ1) is 17.9. The van der Waals surface area contributed by atoms with Crippen LogP contribution in [0.15, 0.2) is 12.3 Å². The molecule has 2 aliphatic heterocycles. The molecule has 3 heterocycles. The summed E-state index contributed by atoms with van der Waals surface area (Å²) in [5.74, 6) is 1.74. The van der Waals surface area contributed by atoms with E-state index in [1.165, 1.54) is 0 Å². The van der Waals surface area contributed by atoms with Crippen LogP contribution < -0.4 is 10.2 Å². The second kappa shape index (κ2) is 8.44. The van der Waals surface area contributed by atoms with E-state index >= 15 is 0 Å². The van der Waals surface area contributed by atoms with Crippen LogP contribution in [0, 0.1) is 0 Å². The van der Waals surface area contributed by atoms with Gasteiger partial charge in [0, 0.05) is 46.0 Å². The first-order chi connectivity index (χ1) is 12.1. The zero-order valence-corrected chi connectivity index (χ0v) is 15.1. The maximum absolute atomic E-state index is 12.4. The highest BCUT2D eigenvalue weighted by molar-refractivity contribution is 5.78. The van der Waals surface area contributed by atoms with E-state index in [2.05, 4.69) is 20.2 Å². The summed E-state index contributed by atoms with van der Waals surface area (Å²) in [6, 6.07) is 2.16. The molecule has 0 aromatic carbocycles. The van der Waals surface area contributed by atoms with Gasteiger partial charge in [0.2, 0.25) is 11.9 Å².